The maximum absolute atomic E-state index is 13.3. The Morgan fingerprint density at radius 2 is 1.35 bits per heavy atom. The second-order valence-corrected chi connectivity index (χ2v) is 7.38. The molecule has 2 atom stereocenters. The molecule has 2 N–H and O–H groups in total. The summed E-state index contributed by atoms with van der Waals surface area (Å²) < 4.78 is 40.0. The van der Waals surface area contributed by atoms with Gasteiger partial charge in [-0.3, -0.25) is 0 Å². The van der Waals surface area contributed by atoms with Gasteiger partial charge < -0.3 is 10.4 Å². The monoisotopic (exact) mass is 363 g/mol. The molecule has 1 aliphatic rings. The third-order valence-electron chi connectivity index (χ3n) is 5.07. The van der Waals surface area contributed by atoms with Crippen LogP contribution in [0.5, 0.6) is 0 Å². The number of aliphatic hydroxyl groups is 1. The van der Waals surface area contributed by atoms with E-state index in [-0.39, 0.29) is 11.6 Å². The summed E-state index contributed by atoms with van der Waals surface area (Å²) in [4.78, 5) is 0. The second-order valence-electron chi connectivity index (χ2n) is 7.38. The molecule has 26 heavy (non-hydrogen) atoms. The molecule has 1 heterocycles. The van der Waals surface area contributed by atoms with Crippen molar-refractivity contribution in [3.8, 4) is 0 Å². The number of rotatable bonds is 3. The fourth-order valence-electron chi connectivity index (χ4n) is 3.97. The van der Waals surface area contributed by atoms with Crippen LogP contribution in [0.15, 0.2) is 36.4 Å². The quantitative estimate of drug-likeness (QED) is 0.834. The van der Waals surface area contributed by atoms with Crippen LogP contribution in [0.3, 0.4) is 0 Å². The van der Waals surface area contributed by atoms with Gasteiger partial charge in [-0.05, 0) is 63.4 Å². The molecule has 2 nitrogen and oxygen atoms in total. The van der Waals surface area contributed by atoms with E-state index in [2.05, 4.69) is 5.32 Å². The zero-order valence-corrected chi connectivity index (χ0v) is 15.2. The first-order valence-electron chi connectivity index (χ1n) is 8.84. The first-order chi connectivity index (χ1) is 12.1. The number of benzene rings is 2. The van der Waals surface area contributed by atoms with Crippen LogP contribution in [0.1, 0.15) is 46.2 Å². The van der Waals surface area contributed by atoms with Gasteiger partial charge in [0.2, 0.25) is 0 Å². The van der Waals surface area contributed by atoms with Crippen molar-refractivity contribution in [1.82, 2.24) is 5.32 Å². The van der Waals surface area contributed by atoms with Crippen molar-refractivity contribution in [2.75, 3.05) is 6.54 Å². The summed E-state index contributed by atoms with van der Waals surface area (Å²) in [6, 6.07) is 9.26. The molecule has 2 unspecified atom stereocenters. The molecule has 0 bridgehead atoms. The molecule has 5 heteroatoms. The van der Waals surface area contributed by atoms with E-state index in [0.29, 0.717) is 17.5 Å². The third-order valence-corrected chi connectivity index (χ3v) is 5.07. The van der Waals surface area contributed by atoms with Crippen molar-refractivity contribution < 1.29 is 18.3 Å². The largest absolute Gasteiger partial charge is 0.416 e. The van der Waals surface area contributed by atoms with E-state index in [9.17, 15) is 18.3 Å². The molecule has 0 aromatic heterocycles. The summed E-state index contributed by atoms with van der Waals surface area (Å²) in [5.41, 5.74) is 1.10. The zero-order valence-electron chi connectivity index (χ0n) is 15.2. The van der Waals surface area contributed by atoms with Crippen LogP contribution in [0.4, 0.5) is 13.2 Å². The van der Waals surface area contributed by atoms with Gasteiger partial charge in [-0.15, -0.1) is 0 Å². The van der Waals surface area contributed by atoms with Crippen LogP contribution in [0, 0.1) is 20.8 Å². The van der Waals surface area contributed by atoms with Gasteiger partial charge in [0.25, 0.3) is 0 Å². The first kappa shape index (κ1) is 18.9. The maximum atomic E-state index is 13.3. The molecule has 1 saturated heterocycles. The summed E-state index contributed by atoms with van der Waals surface area (Å²) in [6.07, 6.45) is -2.86. The van der Waals surface area contributed by atoms with Crippen LogP contribution < -0.4 is 5.32 Å². The molecule has 0 aliphatic carbocycles. The van der Waals surface area contributed by atoms with E-state index in [1.54, 1.807) is 13.0 Å². The number of aryl methyl sites for hydroxylation is 3. The lowest BCUT2D eigenvalue weighted by molar-refractivity contribution is -0.137. The minimum Gasteiger partial charge on any atom is -0.379 e. The molecular formula is C21H24F3NO. The van der Waals surface area contributed by atoms with Crippen LogP contribution in [0.2, 0.25) is 0 Å². The zero-order chi connectivity index (χ0) is 19.1. The molecule has 1 fully saturated rings. The van der Waals surface area contributed by atoms with Gasteiger partial charge in [0.15, 0.2) is 0 Å². The summed E-state index contributed by atoms with van der Waals surface area (Å²) in [5.74, 6) is 0. The van der Waals surface area contributed by atoms with Crippen molar-refractivity contribution in [2.45, 2.75) is 51.4 Å². The number of hydrogen-bond donors (Lipinski definition) is 2. The van der Waals surface area contributed by atoms with Crippen LogP contribution in [-0.4, -0.2) is 17.7 Å². The van der Waals surface area contributed by atoms with Crippen molar-refractivity contribution >= 4 is 0 Å². The lowest BCUT2D eigenvalue weighted by Gasteiger charge is -2.36. The standard InChI is InChI=1S/C21H24F3NO/c1-13-7-14(2)9-16(8-13)20(26,19-5-4-6-25-19)17-10-15(3)11-18(12-17)21(22,23)24/h7-12,19,25-26H,4-6H2,1-3H3. The maximum Gasteiger partial charge on any atom is 0.416 e. The highest BCUT2D eigenvalue weighted by Crippen LogP contribution is 2.40. The predicted octanol–water partition coefficient (Wildman–Crippen LogP) is 4.62. The lowest BCUT2D eigenvalue weighted by atomic mass is 9.77. The highest BCUT2D eigenvalue weighted by Gasteiger charge is 2.43. The van der Waals surface area contributed by atoms with Gasteiger partial charge in [-0.25, -0.2) is 0 Å². The van der Waals surface area contributed by atoms with Crippen LogP contribution in [0.25, 0.3) is 0 Å². The van der Waals surface area contributed by atoms with Gasteiger partial charge in [0, 0.05) is 6.04 Å². The Morgan fingerprint density at radius 1 is 0.846 bits per heavy atom. The van der Waals surface area contributed by atoms with Gasteiger partial charge in [-0.1, -0.05) is 41.0 Å². The van der Waals surface area contributed by atoms with Gasteiger partial charge >= 0.3 is 6.18 Å². The first-order valence-corrected chi connectivity index (χ1v) is 8.84. The third kappa shape index (κ3) is 3.51. The van der Waals surface area contributed by atoms with Gasteiger partial charge in [0.1, 0.15) is 5.60 Å². The Bertz CT molecular complexity index is 789. The number of alkyl halides is 3. The van der Waals surface area contributed by atoms with E-state index in [4.69, 9.17) is 0 Å². The van der Waals surface area contributed by atoms with Gasteiger partial charge in [-0.2, -0.15) is 13.2 Å². The second kappa shape index (κ2) is 6.71. The van der Waals surface area contributed by atoms with Crippen molar-refractivity contribution in [3.05, 3.63) is 69.8 Å². The Balaban J connectivity index is 2.23. The molecule has 1 aliphatic heterocycles. The topological polar surface area (TPSA) is 32.3 Å². The highest BCUT2D eigenvalue weighted by molar-refractivity contribution is 5.45. The fraction of sp³-hybridized carbons (Fsp3) is 0.429. The molecule has 0 amide bonds. The molecule has 0 spiro atoms. The Morgan fingerprint density at radius 3 is 1.85 bits per heavy atom. The molecule has 140 valence electrons. The number of nitrogens with one attached hydrogen (secondary N) is 1. The average molecular weight is 363 g/mol. The average Bonchev–Trinajstić information content (AvgIpc) is 3.06. The van der Waals surface area contributed by atoms with Crippen LogP contribution >= 0.6 is 0 Å². The van der Waals surface area contributed by atoms with E-state index in [0.717, 1.165) is 36.2 Å². The normalized spacial score (nSPS) is 20.2. The van der Waals surface area contributed by atoms with Crippen molar-refractivity contribution in [2.24, 2.45) is 0 Å². The number of halogens is 3. The minimum absolute atomic E-state index is 0.286. The van der Waals surface area contributed by atoms with E-state index in [1.165, 1.54) is 0 Å². The fourth-order valence-corrected chi connectivity index (χ4v) is 3.97. The molecule has 2 aromatic carbocycles. The molecular weight excluding hydrogens is 339 g/mol. The van der Waals surface area contributed by atoms with Crippen molar-refractivity contribution in [1.29, 1.82) is 0 Å². The molecule has 3 rings (SSSR count). The van der Waals surface area contributed by atoms with E-state index < -0.39 is 17.3 Å². The number of hydrogen-bond acceptors (Lipinski definition) is 2. The minimum atomic E-state index is -4.45. The van der Waals surface area contributed by atoms with Crippen LogP contribution in [-0.2, 0) is 11.8 Å². The van der Waals surface area contributed by atoms with E-state index in [1.807, 2.05) is 32.0 Å². The molecule has 0 saturated carbocycles. The summed E-state index contributed by atoms with van der Waals surface area (Å²) in [6.45, 7) is 6.23. The summed E-state index contributed by atoms with van der Waals surface area (Å²) >= 11 is 0. The SMILES string of the molecule is Cc1cc(C)cc(C(O)(c2cc(C)cc(C(F)(F)F)c2)C2CCCN2)c1. The molecule has 0 radical (unpaired) electrons. The summed E-state index contributed by atoms with van der Waals surface area (Å²) in [5, 5.41) is 15.1. The highest BCUT2D eigenvalue weighted by atomic mass is 19.4. The Hall–Kier alpha value is -1.85. The van der Waals surface area contributed by atoms with E-state index >= 15 is 0 Å². The Labute approximate surface area is 152 Å². The summed E-state index contributed by atoms with van der Waals surface area (Å²) in [7, 11) is 0. The van der Waals surface area contributed by atoms with Crippen molar-refractivity contribution in [3.63, 3.8) is 0 Å². The predicted molar refractivity (Wildman–Crippen MR) is 96.1 cm³/mol. The smallest absolute Gasteiger partial charge is 0.379 e. The Kier molecular flexibility index (Phi) is 4.88. The molecule has 2 aromatic rings. The van der Waals surface area contributed by atoms with Gasteiger partial charge in [0.05, 0.1) is 5.56 Å². The lowest BCUT2D eigenvalue weighted by Crippen LogP contribution is -2.46.